The van der Waals surface area contributed by atoms with Crippen LogP contribution >= 0.6 is 22.6 Å². The molecule has 1 aromatic carbocycles. The highest BCUT2D eigenvalue weighted by Gasteiger charge is 2.38. The summed E-state index contributed by atoms with van der Waals surface area (Å²) in [6, 6.07) is 0.291. The van der Waals surface area contributed by atoms with Crippen LogP contribution in [0.25, 0.3) is 0 Å². The largest absolute Gasteiger partial charge is 0.481 e. The molecule has 2 fully saturated rings. The molecular formula is C40H51IN6O17. The number of carboxylic acid groups (broad SMARTS) is 4. The van der Waals surface area contributed by atoms with Crippen molar-refractivity contribution in [3.8, 4) is 0 Å². The van der Waals surface area contributed by atoms with E-state index in [1.54, 1.807) is 18.2 Å². The summed E-state index contributed by atoms with van der Waals surface area (Å²) in [5.74, 6) is -13.7. The van der Waals surface area contributed by atoms with Gasteiger partial charge in [0.2, 0.25) is 23.6 Å². The van der Waals surface area contributed by atoms with Crippen LogP contribution in [-0.4, -0.2) is 127 Å². The zero-order valence-corrected chi connectivity index (χ0v) is 36.7. The first kappa shape index (κ1) is 52.1. The van der Waals surface area contributed by atoms with E-state index in [9.17, 15) is 78.0 Å². The summed E-state index contributed by atoms with van der Waals surface area (Å²) in [7, 11) is 0. The van der Waals surface area contributed by atoms with Gasteiger partial charge >= 0.3 is 29.8 Å². The van der Waals surface area contributed by atoms with Gasteiger partial charge in [0.25, 0.3) is 17.7 Å². The van der Waals surface area contributed by atoms with Gasteiger partial charge in [-0.15, -0.1) is 5.06 Å². The second-order valence-electron chi connectivity index (χ2n) is 15.2. The van der Waals surface area contributed by atoms with Crippen molar-refractivity contribution < 1.29 is 82.8 Å². The topological polar surface area (TPSA) is 358 Å². The molecule has 0 radical (unpaired) electrons. The quantitative estimate of drug-likeness (QED) is 0.0341. The van der Waals surface area contributed by atoms with Gasteiger partial charge in [-0.25, -0.2) is 9.59 Å². The fourth-order valence-corrected chi connectivity index (χ4v) is 7.34. The Kier molecular flexibility index (Phi) is 21.0. The lowest BCUT2D eigenvalue weighted by Gasteiger charge is -2.29. The molecule has 4 atom stereocenters. The number of hydroxylamine groups is 2. The normalized spacial score (nSPS) is 17.7. The van der Waals surface area contributed by atoms with Crippen molar-refractivity contribution >= 4 is 93.8 Å². The molecular weight excluding hydrogens is 963 g/mol. The maximum Gasteiger partial charge on any atom is 0.336 e. The van der Waals surface area contributed by atoms with Gasteiger partial charge in [0.1, 0.15) is 24.2 Å². The molecule has 350 valence electrons. The van der Waals surface area contributed by atoms with Gasteiger partial charge in [-0.2, -0.15) is 0 Å². The lowest BCUT2D eigenvalue weighted by molar-refractivity contribution is -0.201. The number of unbranched alkanes of at least 4 members (excludes halogenated alkanes) is 1. The van der Waals surface area contributed by atoms with Crippen LogP contribution in [0.5, 0.6) is 0 Å². The molecule has 0 spiro atoms. The van der Waals surface area contributed by atoms with E-state index in [2.05, 4.69) is 49.2 Å². The van der Waals surface area contributed by atoms with Gasteiger partial charge in [0.05, 0.1) is 5.92 Å². The number of halogens is 1. The molecule has 1 aliphatic heterocycles. The Bertz CT molecular complexity index is 1940. The van der Waals surface area contributed by atoms with E-state index in [0.717, 1.165) is 3.57 Å². The van der Waals surface area contributed by atoms with Crippen molar-refractivity contribution in [3.63, 3.8) is 0 Å². The lowest BCUT2D eigenvalue weighted by atomic mass is 9.81. The van der Waals surface area contributed by atoms with Gasteiger partial charge in [0.15, 0.2) is 0 Å². The molecule has 64 heavy (non-hydrogen) atoms. The predicted octanol–water partition coefficient (Wildman–Crippen LogP) is 0.223. The number of benzene rings is 1. The van der Waals surface area contributed by atoms with E-state index in [4.69, 9.17) is 4.84 Å². The Balaban J connectivity index is 1.65. The SMILES string of the molecule is O=C(O)CCC(NC(=O)[C@@H](CCC(=O)O)NC(=O)C1CCC(C(=O)ON2C(=O)CCC2=O)CC1)C(=O)N[C@H](CCC(=O)O)C(=O)N[C@H](CCCCNC(=O)c1cccc(I)c1)C(=O)O. The Morgan fingerprint density at radius 1 is 0.641 bits per heavy atom. The van der Waals surface area contributed by atoms with Crippen LogP contribution in [-0.2, 0) is 57.6 Å². The second-order valence-corrected chi connectivity index (χ2v) is 16.4. The van der Waals surface area contributed by atoms with Gasteiger partial charge in [0, 0.05) is 53.7 Å². The summed E-state index contributed by atoms with van der Waals surface area (Å²) in [6.45, 7) is 0.180. The Morgan fingerprint density at radius 3 is 1.58 bits per heavy atom. The third kappa shape index (κ3) is 17.5. The molecule has 1 unspecified atom stereocenters. The van der Waals surface area contributed by atoms with Crippen molar-refractivity contribution in [1.82, 2.24) is 31.6 Å². The second kappa shape index (κ2) is 25.8. The van der Waals surface area contributed by atoms with Gasteiger partial charge in [-0.1, -0.05) is 6.07 Å². The summed E-state index contributed by atoms with van der Waals surface area (Å²) < 4.78 is 0.849. The number of hydrogen-bond acceptors (Lipinski definition) is 13. The fraction of sp³-hybridized carbons (Fsp3) is 0.550. The van der Waals surface area contributed by atoms with E-state index in [1.165, 1.54) is 0 Å². The zero-order chi connectivity index (χ0) is 47.5. The van der Waals surface area contributed by atoms with Gasteiger partial charge < -0.3 is 51.8 Å². The smallest absolute Gasteiger partial charge is 0.336 e. The molecule has 1 heterocycles. The van der Waals surface area contributed by atoms with Crippen LogP contribution in [0.4, 0.5) is 0 Å². The molecule has 23 nitrogen and oxygen atoms in total. The monoisotopic (exact) mass is 1010 g/mol. The maximum absolute atomic E-state index is 13.6. The van der Waals surface area contributed by atoms with Crippen molar-refractivity contribution in [1.29, 1.82) is 0 Å². The number of hydrogen-bond donors (Lipinski definition) is 9. The highest BCUT2D eigenvalue weighted by Crippen LogP contribution is 2.31. The number of carbonyl (C=O) groups excluding carboxylic acids is 8. The number of carbonyl (C=O) groups is 12. The molecule has 0 bridgehead atoms. The minimum Gasteiger partial charge on any atom is -0.481 e. The molecule has 1 aliphatic carbocycles. The van der Waals surface area contributed by atoms with E-state index in [-0.39, 0.29) is 63.8 Å². The highest BCUT2D eigenvalue weighted by atomic mass is 127. The Morgan fingerprint density at radius 2 is 1.11 bits per heavy atom. The average molecular weight is 1010 g/mol. The first-order valence-electron chi connectivity index (χ1n) is 20.5. The van der Waals surface area contributed by atoms with Crippen molar-refractivity contribution in [3.05, 3.63) is 33.4 Å². The van der Waals surface area contributed by atoms with Crippen molar-refractivity contribution in [2.45, 2.75) is 120 Å². The number of carboxylic acids is 4. The highest BCUT2D eigenvalue weighted by molar-refractivity contribution is 14.1. The fourth-order valence-electron chi connectivity index (χ4n) is 6.79. The number of amides is 7. The van der Waals surface area contributed by atoms with Crippen molar-refractivity contribution in [2.75, 3.05) is 6.54 Å². The predicted molar refractivity (Wildman–Crippen MR) is 224 cm³/mol. The van der Waals surface area contributed by atoms with Crippen LogP contribution in [0.3, 0.4) is 0 Å². The molecule has 1 saturated heterocycles. The first-order chi connectivity index (χ1) is 30.2. The molecule has 24 heteroatoms. The van der Waals surface area contributed by atoms with E-state index < -0.39 is 140 Å². The molecule has 1 aromatic rings. The molecule has 1 saturated carbocycles. The summed E-state index contributed by atoms with van der Waals surface area (Å²) in [6.07, 6.45) is -3.07. The van der Waals surface area contributed by atoms with Crippen LogP contribution in [0.1, 0.15) is 107 Å². The third-order valence-corrected chi connectivity index (χ3v) is 11.0. The van der Waals surface area contributed by atoms with Crippen LogP contribution in [0, 0.1) is 15.4 Å². The summed E-state index contributed by atoms with van der Waals surface area (Å²) in [5.41, 5.74) is 0.430. The van der Waals surface area contributed by atoms with E-state index in [1.807, 2.05) is 6.07 Å². The standard InChI is InChI=1S/C40H51IN6O17/c41-24-5-3-4-23(20-24)34(56)42-19-2-1-6-28(39(61)62)46-38(60)27(13-18-33(54)55)45-37(59)26(12-17-32(52)53)44-36(58)25(11-16-31(50)51)43-35(57)21-7-9-22(10-8-21)40(63)64-47-29(48)14-15-30(47)49/h3-5,20-22,25-28H,1-2,6-19H2,(H,42,56)(H,43,57)(H,44,58)(H,45,59)(H,46,60)(H,50,51)(H,52,53)(H,54,55)(H,61,62)/t21?,22?,25-,26?,27-,28-/m1/s1. The molecule has 0 aromatic heterocycles. The maximum atomic E-state index is 13.6. The minimum atomic E-state index is -1.74. The van der Waals surface area contributed by atoms with Crippen molar-refractivity contribution in [2.24, 2.45) is 11.8 Å². The minimum absolute atomic E-state index is 0.0953. The van der Waals surface area contributed by atoms with E-state index in [0.29, 0.717) is 17.0 Å². The van der Waals surface area contributed by atoms with E-state index >= 15 is 0 Å². The average Bonchev–Trinajstić information content (AvgIpc) is 3.56. The Labute approximate surface area is 379 Å². The molecule has 7 amide bonds. The van der Waals surface area contributed by atoms with Gasteiger partial charge in [-0.3, -0.25) is 47.9 Å². The number of imide groups is 1. The number of aliphatic carboxylic acids is 4. The molecule has 9 N–H and O–H groups in total. The molecule has 3 rings (SSSR count). The number of nitrogens with zero attached hydrogens (tertiary/aromatic N) is 1. The van der Waals surface area contributed by atoms with Gasteiger partial charge in [-0.05, 0) is 105 Å². The first-order valence-corrected chi connectivity index (χ1v) is 21.5. The van der Waals surface area contributed by atoms with Crippen LogP contribution in [0.2, 0.25) is 0 Å². The Hall–Kier alpha value is -6.21. The number of nitrogens with one attached hydrogen (secondary N) is 5. The molecule has 2 aliphatic rings. The van der Waals surface area contributed by atoms with Crippen LogP contribution in [0.15, 0.2) is 24.3 Å². The summed E-state index contributed by atoms with van der Waals surface area (Å²) in [5, 5.41) is 50.2. The number of rotatable bonds is 26. The zero-order valence-electron chi connectivity index (χ0n) is 34.5. The van der Waals surface area contributed by atoms with Crippen LogP contribution < -0.4 is 26.6 Å². The summed E-state index contributed by atoms with van der Waals surface area (Å²) >= 11 is 2.06. The lowest BCUT2D eigenvalue weighted by Crippen LogP contribution is -2.58. The summed E-state index contributed by atoms with van der Waals surface area (Å²) in [4.78, 5) is 154. The third-order valence-electron chi connectivity index (χ3n) is 10.4.